The van der Waals surface area contributed by atoms with E-state index in [1.807, 2.05) is 0 Å². The van der Waals surface area contributed by atoms with Crippen molar-refractivity contribution in [3.63, 3.8) is 0 Å². The standard InChI is InChI=1S/C29H46O5/c1-7-19-14-21-23-10-9-22(17(2)8-11-27(32)33-6)29(23,5)26(31)16-25(21)28(4)13-12-20(15-24(19)28)34-18(3)30/h17,19-25H,7-16H2,1-6H3/t17-,19+,20-,21?,22-,23?,24+,25?,28+,29-/m1/s1. The van der Waals surface area contributed by atoms with Gasteiger partial charge in [-0.15, -0.1) is 0 Å². The highest BCUT2D eigenvalue weighted by Crippen LogP contribution is 2.68. The summed E-state index contributed by atoms with van der Waals surface area (Å²) in [6, 6.07) is 0. The molecular weight excluding hydrogens is 428 g/mol. The van der Waals surface area contributed by atoms with Crippen LogP contribution in [0.4, 0.5) is 0 Å². The number of ketones is 1. The number of fused-ring (bicyclic) bond motifs is 5. The van der Waals surface area contributed by atoms with E-state index in [9.17, 15) is 14.4 Å². The summed E-state index contributed by atoms with van der Waals surface area (Å²) in [6.07, 6.45) is 9.55. The first kappa shape index (κ1) is 25.7. The Kier molecular flexibility index (Phi) is 7.24. The minimum Gasteiger partial charge on any atom is -0.469 e. The molecule has 4 aliphatic rings. The van der Waals surface area contributed by atoms with Gasteiger partial charge in [0.2, 0.25) is 0 Å². The first-order valence-electron chi connectivity index (χ1n) is 13.8. The second-order valence-electron chi connectivity index (χ2n) is 12.6. The summed E-state index contributed by atoms with van der Waals surface area (Å²) >= 11 is 0. The van der Waals surface area contributed by atoms with Crippen LogP contribution in [0.2, 0.25) is 0 Å². The molecule has 0 saturated heterocycles. The zero-order chi connectivity index (χ0) is 24.8. The van der Waals surface area contributed by atoms with Crippen LogP contribution in [0.3, 0.4) is 0 Å². The van der Waals surface area contributed by atoms with Crippen molar-refractivity contribution < 1.29 is 23.9 Å². The fraction of sp³-hybridized carbons (Fsp3) is 0.897. The van der Waals surface area contributed by atoms with Gasteiger partial charge in [0.05, 0.1) is 7.11 Å². The third kappa shape index (κ3) is 4.13. The lowest BCUT2D eigenvalue weighted by Crippen LogP contribution is -2.59. The van der Waals surface area contributed by atoms with Gasteiger partial charge in [0.1, 0.15) is 11.9 Å². The van der Waals surface area contributed by atoms with Crippen molar-refractivity contribution in [1.29, 1.82) is 0 Å². The SMILES string of the molecule is CC[C@H]1CC2C3CC[C@H]([C@H](C)CCC(=O)OC)[C@@]3(C)C(=O)CC2[C@@]2(C)CC[C@@H](OC(C)=O)C[C@@H]12. The molecule has 192 valence electrons. The van der Waals surface area contributed by atoms with Gasteiger partial charge in [-0.05, 0) is 91.8 Å². The van der Waals surface area contributed by atoms with Crippen LogP contribution in [0, 0.1) is 52.3 Å². The number of methoxy groups -OCH3 is 1. The van der Waals surface area contributed by atoms with Gasteiger partial charge in [0.25, 0.3) is 0 Å². The maximum Gasteiger partial charge on any atom is 0.305 e. The van der Waals surface area contributed by atoms with E-state index in [1.54, 1.807) is 0 Å². The first-order chi connectivity index (χ1) is 16.1. The van der Waals surface area contributed by atoms with E-state index in [2.05, 4.69) is 27.7 Å². The van der Waals surface area contributed by atoms with Crippen LogP contribution < -0.4 is 0 Å². The number of esters is 2. The zero-order valence-corrected chi connectivity index (χ0v) is 22.2. The fourth-order valence-corrected chi connectivity index (χ4v) is 9.56. The van der Waals surface area contributed by atoms with E-state index < -0.39 is 0 Å². The minimum absolute atomic E-state index is 0.0391. The molecule has 0 heterocycles. The largest absolute Gasteiger partial charge is 0.469 e. The molecule has 0 aromatic heterocycles. The van der Waals surface area contributed by atoms with Crippen LogP contribution in [-0.2, 0) is 23.9 Å². The zero-order valence-electron chi connectivity index (χ0n) is 22.2. The van der Waals surface area contributed by atoms with E-state index >= 15 is 0 Å². The molecule has 4 rings (SSSR count). The lowest BCUT2D eigenvalue weighted by molar-refractivity contribution is -0.175. The molecule has 0 N–H and O–H groups in total. The Morgan fingerprint density at radius 2 is 1.82 bits per heavy atom. The highest BCUT2D eigenvalue weighted by molar-refractivity contribution is 5.87. The number of ether oxygens (including phenoxy) is 2. The highest BCUT2D eigenvalue weighted by Gasteiger charge is 2.65. The second-order valence-corrected chi connectivity index (χ2v) is 12.6. The molecule has 4 aliphatic carbocycles. The van der Waals surface area contributed by atoms with Gasteiger partial charge in [-0.25, -0.2) is 0 Å². The number of hydrogen-bond acceptors (Lipinski definition) is 5. The number of carbonyl (C=O) groups excluding carboxylic acids is 3. The summed E-state index contributed by atoms with van der Waals surface area (Å²) in [5.41, 5.74) is -0.0983. The van der Waals surface area contributed by atoms with Gasteiger partial charge in [-0.2, -0.15) is 0 Å². The van der Waals surface area contributed by atoms with Crippen molar-refractivity contribution in [2.24, 2.45) is 52.3 Å². The van der Waals surface area contributed by atoms with E-state index in [0.717, 1.165) is 44.9 Å². The highest BCUT2D eigenvalue weighted by atomic mass is 16.5. The van der Waals surface area contributed by atoms with Crippen molar-refractivity contribution in [2.45, 2.75) is 105 Å². The smallest absolute Gasteiger partial charge is 0.305 e. The molecule has 4 saturated carbocycles. The van der Waals surface area contributed by atoms with E-state index in [4.69, 9.17) is 9.47 Å². The molecule has 0 aliphatic heterocycles. The maximum atomic E-state index is 14.0. The molecule has 5 heteroatoms. The van der Waals surface area contributed by atoms with Gasteiger partial charge in [-0.3, -0.25) is 14.4 Å². The summed E-state index contributed by atoms with van der Waals surface area (Å²) in [5, 5.41) is 0. The van der Waals surface area contributed by atoms with Gasteiger partial charge >= 0.3 is 11.9 Å². The van der Waals surface area contributed by atoms with Crippen LogP contribution >= 0.6 is 0 Å². The average molecular weight is 475 g/mol. The van der Waals surface area contributed by atoms with Crippen molar-refractivity contribution >= 4 is 17.7 Å². The molecule has 0 spiro atoms. The van der Waals surface area contributed by atoms with Crippen molar-refractivity contribution in [1.82, 2.24) is 0 Å². The number of hydrogen-bond donors (Lipinski definition) is 0. The third-order valence-electron chi connectivity index (χ3n) is 11.3. The topological polar surface area (TPSA) is 69.7 Å². The van der Waals surface area contributed by atoms with E-state index in [-0.39, 0.29) is 28.9 Å². The fourth-order valence-electron chi connectivity index (χ4n) is 9.56. The molecule has 0 bridgehead atoms. The lowest BCUT2D eigenvalue weighted by atomic mass is 9.42. The van der Waals surface area contributed by atoms with Crippen LogP contribution in [0.25, 0.3) is 0 Å². The molecule has 0 radical (unpaired) electrons. The summed E-state index contributed by atoms with van der Waals surface area (Å²) in [7, 11) is 1.45. The average Bonchev–Trinajstić information content (AvgIpc) is 3.16. The molecule has 0 aromatic rings. The Bertz CT molecular complexity index is 806. The van der Waals surface area contributed by atoms with Gasteiger partial charge in [0.15, 0.2) is 0 Å². The molecule has 10 atom stereocenters. The first-order valence-corrected chi connectivity index (χ1v) is 13.8. The normalized spacial score (nSPS) is 44.4. The van der Waals surface area contributed by atoms with Gasteiger partial charge in [-0.1, -0.05) is 34.1 Å². The summed E-state index contributed by atoms with van der Waals surface area (Å²) < 4.78 is 10.5. The third-order valence-corrected chi connectivity index (χ3v) is 11.3. The van der Waals surface area contributed by atoms with Crippen LogP contribution in [0.1, 0.15) is 98.8 Å². The number of rotatable bonds is 6. The summed E-state index contributed by atoms with van der Waals surface area (Å²) in [5.74, 6) is 3.56. The molecule has 5 nitrogen and oxygen atoms in total. The van der Waals surface area contributed by atoms with Crippen molar-refractivity contribution in [2.75, 3.05) is 7.11 Å². The van der Waals surface area contributed by atoms with Crippen LogP contribution in [0.15, 0.2) is 0 Å². The maximum absolute atomic E-state index is 14.0. The predicted molar refractivity (Wildman–Crippen MR) is 131 cm³/mol. The summed E-state index contributed by atoms with van der Waals surface area (Å²) in [6.45, 7) is 10.8. The Labute approximate surface area is 206 Å². The molecule has 0 aromatic carbocycles. The monoisotopic (exact) mass is 474 g/mol. The molecule has 34 heavy (non-hydrogen) atoms. The molecule has 0 amide bonds. The van der Waals surface area contributed by atoms with E-state index in [0.29, 0.717) is 60.1 Å². The Morgan fingerprint density at radius 3 is 2.47 bits per heavy atom. The predicted octanol–water partition coefficient (Wildman–Crippen LogP) is 5.98. The van der Waals surface area contributed by atoms with E-state index in [1.165, 1.54) is 20.5 Å². The van der Waals surface area contributed by atoms with Gasteiger partial charge < -0.3 is 9.47 Å². The minimum atomic E-state index is -0.257. The number of carbonyl (C=O) groups is 3. The Morgan fingerprint density at radius 1 is 1.09 bits per heavy atom. The van der Waals surface area contributed by atoms with Crippen LogP contribution in [-0.4, -0.2) is 30.9 Å². The van der Waals surface area contributed by atoms with Crippen molar-refractivity contribution in [3.05, 3.63) is 0 Å². The number of Topliss-reactive ketones (excluding diaryl/α,β-unsaturated/α-hetero) is 1. The van der Waals surface area contributed by atoms with Crippen LogP contribution in [0.5, 0.6) is 0 Å². The Hall–Kier alpha value is -1.39. The molecule has 3 unspecified atom stereocenters. The second kappa shape index (κ2) is 9.58. The lowest BCUT2D eigenvalue weighted by Gasteiger charge is -2.62. The summed E-state index contributed by atoms with van der Waals surface area (Å²) in [4.78, 5) is 37.4. The van der Waals surface area contributed by atoms with Crippen molar-refractivity contribution in [3.8, 4) is 0 Å². The molecular formula is C29H46O5. The van der Waals surface area contributed by atoms with Gasteiger partial charge in [0, 0.05) is 25.2 Å². The quantitative estimate of drug-likeness (QED) is 0.443. The molecule has 4 fully saturated rings. The Balaban J connectivity index is 1.57.